The van der Waals surface area contributed by atoms with E-state index in [0.29, 0.717) is 36.0 Å². The topological polar surface area (TPSA) is 111 Å². The van der Waals surface area contributed by atoms with Gasteiger partial charge in [-0.05, 0) is 43.2 Å². The van der Waals surface area contributed by atoms with Crippen LogP contribution in [0.1, 0.15) is 22.8 Å². The van der Waals surface area contributed by atoms with Crippen LogP contribution in [0.3, 0.4) is 0 Å². The quantitative estimate of drug-likeness (QED) is 0.479. The molecule has 1 aliphatic heterocycles. The van der Waals surface area contributed by atoms with Crippen LogP contribution in [0.5, 0.6) is 11.5 Å². The maximum Gasteiger partial charge on any atom is 0.242 e. The summed E-state index contributed by atoms with van der Waals surface area (Å²) in [4.78, 5) is 24.8. The average molecular weight is 481 g/mol. The molecule has 2 N–H and O–H groups in total. The second kappa shape index (κ2) is 10.1. The van der Waals surface area contributed by atoms with Crippen molar-refractivity contribution in [2.45, 2.75) is 24.3 Å². The number of sulfonamides is 1. The van der Waals surface area contributed by atoms with Gasteiger partial charge in [0.25, 0.3) is 0 Å². The highest BCUT2D eigenvalue weighted by molar-refractivity contribution is 7.89. The molecule has 8 nitrogen and oxygen atoms in total. The van der Waals surface area contributed by atoms with Crippen molar-refractivity contribution in [1.29, 1.82) is 0 Å². The van der Waals surface area contributed by atoms with Crippen LogP contribution >= 0.6 is 0 Å². The van der Waals surface area contributed by atoms with E-state index in [0.717, 1.165) is 5.56 Å². The van der Waals surface area contributed by atoms with Gasteiger partial charge in [-0.3, -0.25) is 9.59 Å². The van der Waals surface area contributed by atoms with Crippen LogP contribution in [0.4, 0.5) is 5.69 Å². The molecule has 0 unspecified atom stereocenters. The molecule has 0 radical (unpaired) electrons. The van der Waals surface area contributed by atoms with Crippen molar-refractivity contribution < 1.29 is 27.5 Å². The second-order valence-corrected chi connectivity index (χ2v) is 9.51. The largest absolute Gasteiger partial charge is 0.486 e. The highest BCUT2D eigenvalue weighted by Crippen LogP contribution is 2.32. The molecule has 0 saturated carbocycles. The fourth-order valence-corrected chi connectivity index (χ4v) is 4.74. The van der Waals surface area contributed by atoms with E-state index in [-0.39, 0.29) is 17.1 Å². The monoisotopic (exact) mass is 480 g/mol. The summed E-state index contributed by atoms with van der Waals surface area (Å²) in [7, 11) is -4.07. The second-order valence-electron chi connectivity index (χ2n) is 7.80. The zero-order valence-corrected chi connectivity index (χ0v) is 19.3. The molecule has 0 aromatic heterocycles. The highest BCUT2D eigenvalue weighted by Gasteiger charge is 2.27. The predicted molar refractivity (Wildman–Crippen MR) is 127 cm³/mol. The minimum Gasteiger partial charge on any atom is -0.486 e. The molecule has 1 heterocycles. The molecule has 0 saturated heterocycles. The van der Waals surface area contributed by atoms with Crippen LogP contribution in [0.15, 0.2) is 77.7 Å². The maximum absolute atomic E-state index is 13.2. The molecule has 9 heteroatoms. The van der Waals surface area contributed by atoms with E-state index in [9.17, 15) is 18.0 Å². The van der Waals surface area contributed by atoms with Crippen LogP contribution in [0.25, 0.3) is 0 Å². The van der Waals surface area contributed by atoms with Gasteiger partial charge in [-0.15, -0.1) is 0 Å². The summed E-state index contributed by atoms with van der Waals surface area (Å²) < 4.78 is 39.8. The van der Waals surface area contributed by atoms with Crippen LogP contribution in [-0.2, 0) is 21.2 Å². The van der Waals surface area contributed by atoms with Crippen LogP contribution < -0.4 is 19.5 Å². The molecule has 3 aromatic rings. The number of nitrogens with one attached hydrogen (secondary N) is 2. The average Bonchev–Trinajstić information content (AvgIpc) is 2.84. The van der Waals surface area contributed by atoms with Gasteiger partial charge in [0.1, 0.15) is 19.3 Å². The summed E-state index contributed by atoms with van der Waals surface area (Å²) in [5, 5.41) is 2.72. The summed E-state index contributed by atoms with van der Waals surface area (Å²) in [5.74, 6) is 0.107. The first kappa shape index (κ1) is 23.5. The molecular formula is C25H24N2O6S. The third-order valence-electron chi connectivity index (χ3n) is 5.26. The molecule has 1 aliphatic rings. The van der Waals surface area contributed by atoms with Crippen LogP contribution in [0, 0.1) is 0 Å². The number of carbonyl (C=O) groups excluding carboxylic acids is 2. The van der Waals surface area contributed by atoms with Gasteiger partial charge in [0.2, 0.25) is 15.9 Å². The fraction of sp³-hybridized carbons (Fsp3) is 0.200. The Kier molecular flexibility index (Phi) is 6.95. The molecular weight excluding hydrogens is 456 g/mol. The number of fused-ring (bicyclic) bond motifs is 1. The number of Topliss-reactive ketones (excluding diaryl/α,β-unsaturated/α-hetero) is 1. The number of rotatable bonds is 8. The number of ketones is 1. The summed E-state index contributed by atoms with van der Waals surface area (Å²) in [6.45, 7) is 2.14. The number of ether oxygens (including phenoxy) is 2. The van der Waals surface area contributed by atoms with Gasteiger partial charge in [0, 0.05) is 17.3 Å². The first-order valence-electron chi connectivity index (χ1n) is 10.7. The van der Waals surface area contributed by atoms with E-state index in [1.54, 1.807) is 24.3 Å². The molecule has 1 atom stereocenters. The normalized spacial score (nSPS) is 13.7. The van der Waals surface area contributed by atoms with Gasteiger partial charge < -0.3 is 14.8 Å². The Balaban J connectivity index is 1.60. The molecule has 0 spiro atoms. The smallest absolute Gasteiger partial charge is 0.242 e. The van der Waals surface area contributed by atoms with Gasteiger partial charge in [-0.2, -0.15) is 4.72 Å². The van der Waals surface area contributed by atoms with Crippen molar-refractivity contribution in [2.24, 2.45) is 0 Å². The lowest BCUT2D eigenvalue weighted by molar-refractivity contribution is -0.117. The minimum absolute atomic E-state index is 0.0406. The van der Waals surface area contributed by atoms with E-state index < -0.39 is 22.0 Å². The maximum atomic E-state index is 13.2. The Morgan fingerprint density at radius 1 is 0.912 bits per heavy atom. The van der Waals surface area contributed by atoms with Crippen LogP contribution in [0.2, 0.25) is 0 Å². The molecule has 4 rings (SSSR count). The van der Waals surface area contributed by atoms with E-state index >= 15 is 0 Å². The summed E-state index contributed by atoms with van der Waals surface area (Å²) in [6.07, 6.45) is 0.128. The molecule has 3 aromatic carbocycles. The lowest BCUT2D eigenvalue weighted by Crippen LogP contribution is -2.45. The van der Waals surface area contributed by atoms with Crippen molar-refractivity contribution in [2.75, 3.05) is 18.5 Å². The fourth-order valence-electron chi connectivity index (χ4n) is 3.53. The minimum atomic E-state index is -4.07. The molecule has 1 amide bonds. The summed E-state index contributed by atoms with van der Waals surface area (Å²) in [6, 6.07) is 18.8. The number of hydrogen-bond donors (Lipinski definition) is 2. The van der Waals surface area contributed by atoms with Crippen LogP contribution in [-0.4, -0.2) is 39.4 Å². The molecule has 176 valence electrons. The van der Waals surface area contributed by atoms with Crippen molar-refractivity contribution in [3.05, 3.63) is 83.9 Å². The first-order valence-corrected chi connectivity index (χ1v) is 12.2. The Bertz CT molecular complexity index is 1310. The zero-order valence-electron chi connectivity index (χ0n) is 18.5. The molecule has 34 heavy (non-hydrogen) atoms. The lowest BCUT2D eigenvalue weighted by Gasteiger charge is -2.21. The third-order valence-corrected chi connectivity index (χ3v) is 6.73. The van der Waals surface area contributed by atoms with Crippen molar-refractivity contribution in [1.82, 2.24) is 4.72 Å². The van der Waals surface area contributed by atoms with Gasteiger partial charge in [0.15, 0.2) is 17.3 Å². The third kappa shape index (κ3) is 5.62. The van der Waals surface area contributed by atoms with Gasteiger partial charge >= 0.3 is 0 Å². The van der Waals surface area contributed by atoms with Gasteiger partial charge in [-0.1, -0.05) is 42.5 Å². The number of carbonyl (C=O) groups is 2. The Hall–Kier alpha value is -3.69. The number of amides is 1. The zero-order chi connectivity index (χ0) is 24.1. The van der Waals surface area contributed by atoms with E-state index in [4.69, 9.17) is 9.47 Å². The van der Waals surface area contributed by atoms with Crippen molar-refractivity contribution in [3.8, 4) is 11.5 Å². The number of hydrogen-bond acceptors (Lipinski definition) is 6. The first-order chi connectivity index (χ1) is 16.3. The summed E-state index contributed by atoms with van der Waals surface area (Å²) >= 11 is 0. The van der Waals surface area contributed by atoms with Crippen molar-refractivity contribution >= 4 is 27.4 Å². The standard InChI is InChI=1S/C25H24N2O6S/c1-17(28)19-8-5-9-20(15-19)26-25(29)22(14-18-6-3-2-4-7-18)27-34(30,31)21-10-11-23-24(16-21)33-13-12-32-23/h2-11,15-16,22,27H,12-14H2,1H3,(H,26,29)/t22-/m1/s1. The molecule has 0 aliphatic carbocycles. The Morgan fingerprint density at radius 3 is 2.38 bits per heavy atom. The Labute approximate surface area is 198 Å². The predicted octanol–water partition coefficient (Wildman–Crippen LogP) is 3.19. The molecule has 0 fully saturated rings. The van der Waals surface area contributed by atoms with E-state index in [1.165, 1.54) is 25.1 Å². The number of benzene rings is 3. The number of anilines is 1. The van der Waals surface area contributed by atoms with E-state index in [1.807, 2.05) is 30.3 Å². The SMILES string of the molecule is CC(=O)c1cccc(NC(=O)[C@@H](Cc2ccccc2)NS(=O)(=O)c2ccc3c(c2)OCCO3)c1. The Morgan fingerprint density at radius 2 is 1.65 bits per heavy atom. The van der Waals surface area contributed by atoms with Gasteiger partial charge in [0.05, 0.1) is 4.90 Å². The molecule has 0 bridgehead atoms. The van der Waals surface area contributed by atoms with E-state index in [2.05, 4.69) is 10.0 Å². The highest BCUT2D eigenvalue weighted by atomic mass is 32.2. The lowest BCUT2D eigenvalue weighted by atomic mass is 10.1. The van der Waals surface area contributed by atoms with Gasteiger partial charge in [-0.25, -0.2) is 8.42 Å². The van der Waals surface area contributed by atoms with Crippen molar-refractivity contribution in [3.63, 3.8) is 0 Å². The summed E-state index contributed by atoms with van der Waals surface area (Å²) in [5.41, 5.74) is 1.62.